The summed E-state index contributed by atoms with van der Waals surface area (Å²) in [4.78, 5) is 3.93. The molecule has 3 aromatic rings. The number of nitrogens with zero attached hydrogens (tertiary/aromatic N) is 1. The molecule has 4 nitrogen and oxygen atoms in total. The highest BCUT2D eigenvalue weighted by molar-refractivity contribution is 5.91. The van der Waals surface area contributed by atoms with Gasteiger partial charge in [-0.2, -0.15) is 0 Å². The number of aliphatic hydroxyl groups excluding tert-OH is 1. The molecule has 24 heavy (non-hydrogen) atoms. The molecular formula is C18H16F2N2O2. The second-order valence-corrected chi connectivity index (χ2v) is 5.32. The van der Waals surface area contributed by atoms with Gasteiger partial charge in [0, 0.05) is 29.9 Å². The van der Waals surface area contributed by atoms with E-state index in [9.17, 15) is 13.9 Å². The van der Waals surface area contributed by atoms with Crippen LogP contribution in [0.15, 0.2) is 48.7 Å². The first-order valence-corrected chi connectivity index (χ1v) is 7.38. The van der Waals surface area contributed by atoms with E-state index in [1.165, 1.54) is 12.3 Å². The van der Waals surface area contributed by atoms with Gasteiger partial charge in [-0.1, -0.05) is 12.1 Å². The molecule has 124 valence electrons. The van der Waals surface area contributed by atoms with Crippen molar-refractivity contribution in [3.05, 3.63) is 65.9 Å². The maximum Gasteiger partial charge on any atom is 0.152 e. The molecule has 0 aliphatic heterocycles. The van der Waals surface area contributed by atoms with E-state index in [1.54, 1.807) is 37.4 Å². The number of nitrogens with one attached hydrogen (secondary N) is 1. The smallest absolute Gasteiger partial charge is 0.152 e. The zero-order valence-electron chi connectivity index (χ0n) is 13.0. The van der Waals surface area contributed by atoms with Gasteiger partial charge in [0.25, 0.3) is 0 Å². The lowest BCUT2D eigenvalue weighted by Gasteiger charge is -2.15. The Bertz CT molecular complexity index is 871. The Morgan fingerprint density at radius 2 is 2.04 bits per heavy atom. The fourth-order valence-electron chi connectivity index (χ4n) is 2.51. The molecule has 1 heterocycles. The van der Waals surface area contributed by atoms with Gasteiger partial charge in [-0.15, -0.1) is 0 Å². The lowest BCUT2D eigenvalue weighted by Crippen LogP contribution is -2.12. The van der Waals surface area contributed by atoms with Crippen LogP contribution in [0.3, 0.4) is 0 Å². The van der Waals surface area contributed by atoms with Gasteiger partial charge in [-0.3, -0.25) is 4.98 Å². The Kier molecular flexibility index (Phi) is 4.57. The highest BCUT2D eigenvalue weighted by Gasteiger charge is 2.12. The Hall–Kier alpha value is -2.73. The highest BCUT2D eigenvalue weighted by atomic mass is 19.1. The molecule has 1 unspecified atom stereocenters. The van der Waals surface area contributed by atoms with Gasteiger partial charge < -0.3 is 15.2 Å². The van der Waals surface area contributed by atoms with Crippen molar-refractivity contribution in [2.24, 2.45) is 0 Å². The molecule has 2 aromatic carbocycles. The van der Waals surface area contributed by atoms with Crippen molar-refractivity contribution in [2.75, 3.05) is 19.0 Å². The van der Waals surface area contributed by atoms with Crippen LogP contribution in [0.1, 0.15) is 11.7 Å². The molecule has 2 N–H and O–H groups in total. The minimum atomic E-state index is -0.804. The number of rotatable bonds is 5. The standard InChI is InChI=1S/C18H16F2N2O2/c1-24-13-4-2-3-11(7-13)17(23)10-22-16-5-6-21-18-14(16)8-12(19)9-15(18)20/h2-9,17,23H,10H2,1H3,(H,21,22). The van der Waals surface area contributed by atoms with Crippen LogP contribution in [0.4, 0.5) is 14.5 Å². The molecule has 0 aliphatic rings. The summed E-state index contributed by atoms with van der Waals surface area (Å²) in [5.41, 5.74) is 1.26. The van der Waals surface area contributed by atoms with Crippen molar-refractivity contribution >= 4 is 16.6 Å². The molecule has 1 aromatic heterocycles. The summed E-state index contributed by atoms with van der Waals surface area (Å²) < 4.78 is 32.4. The lowest BCUT2D eigenvalue weighted by atomic mass is 10.1. The molecule has 0 aliphatic carbocycles. The first-order valence-electron chi connectivity index (χ1n) is 7.38. The summed E-state index contributed by atoms with van der Waals surface area (Å²) in [6.45, 7) is 0.171. The van der Waals surface area contributed by atoms with E-state index in [0.717, 1.165) is 6.07 Å². The van der Waals surface area contributed by atoms with Crippen molar-refractivity contribution in [2.45, 2.75) is 6.10 Å². The second-order valence-electron chi connectivity index (χ2n) is 5.32. The van der Waals surface area contributed by atoms with E-state index in [-0.39, 0.29) is 12.1 Å². The van der Waals surface area contributed by atoms with E-state index in [1.807, 2.05) is 0 Å². The average Bonchev–Trinajstić information content (AvgIpc) is 2.59. The second kappa shape index (κ2) is 6.80. The van der Waals surface area contributed by atoms with Crippen LogP contribution in [0, 0.1) is 11.6 Å². The van der Waals surface area contributed by atoms with Crippen molar-refractivity contribution in [3.63, 3.8) is 0 Å². The zero-order valence-corrected chi connectivity index (χ0v) is 13.0. The quantitative estimate of drug-likeness (QED) is 0.749. The Labute approximate surface area is 137 Å². The number of fused-ring (bicyclic) bond motifs is 1. The third kappa shape index (κ3) is 3.28. The number of anilines is 1. The van der Waals surface area contributed by atoms with Crippen LogP contribution in [0.2, 0.25) is 0 Å². The maximum atomic E-state index is 13.8. The van der Waals surface area contributed by atoms with Crippen LogP contribution in [-0.2, 0) is 0 Å². The fourth-order valence-corrected chi connectivity index (χ4v) is 2.51. The summed E-state index contributed by atoms with van der Waals surface area (Å²) in [6.07, 6.45) is 0.630. The third-order valence-corrected chi connectivity index (χ3v) is 3.73. The van der Waals surface area contributed by atoms with Gasteiger partial charge in [0.15, 0.2) is 5.82 Å². The molecule has 0 amide bonds. The molecule has 0 spiro atoms. The number of pyridine rings is 1. The molecule has 0 bridgehead atoms. The molecule has 0 fully saturated rings. The summed E-state index contributed by atoms with van der Waals surface area (Å²) in [5.74, 6) is -0.753. The normalized spacial score (nSPS) is 12.2. The van der Waals surface area contributed by atoms with E-state index in [0.29, 0.717) is 22.4 Å². The Morgan fingerprint density at radius 1 is 1.21 bits per heavy atom. The summed E-state index contributed by atoms with van der Waals surface area (Å²) >= 11 is 0. The molecule has 0 saturated heterocycles. The molecule has 1 atom stereocenters. The molecule has 0 saturated carbocycles. The van der Waals surface area contributed by atoms with Crippen LogP contribution in [-0.4, -0.2) is 23.7 Å². The SMILES string of the molecule is COc1cccc(C(O)CNc2ccnc3c(F)cc(F)cc23)c1. The van der Waals surface area contributed by atoms with Crippen molar-refractivity contribution < 1.29 is 18.6 Å². The predicted molar refractivity (Wildman–Crippen MR) is 88.1 cm³/mol. The largest absolute Gasteiger partial charge is 0.497 e. The monoisotopic (exact) mass is 330 g/mol. The van der Waals surface area contributed by atoms with Crippen LogP contribution in [0.25, 0.3) is 10.9 Å². The summed E-state index contributed by atoms with van der Waals surface area (Å²) in [7, 11) is 1.55. The number of methoxy groups -OCH3 is 1. The minimum absolute atomic E-state index is 0.0808. The van der Waals surface area contributed by atoms with E-state index >= 15 is 0 Å². The number of ether oxygens (including phenoxy) is 1. The fraction of sp³-hybridized carbons (Fsp3) is 0.167. The molecule has 0 radical (unpaired) electrons. The highest BCUT2D eigenvalue weighted by Crippen LogP contribution is 2.26. The predicted octanol–water partition coefficient (Wildman–Crippen LogP) is 3.67. The van der Waals surface area contributed by atoms with Gasteiger partial charge in [0.1, 0.15) is 17.1 Å². The van der Waals surface area contributed by atoms with Crippen molar-refractivity contribution in [1.82, 2.24) is 4.98 Å². The van der Waals surface area contributed by atoms with Gasteiger partial charge in [0.05, 0.1) is 13.2 Å². The zero-order chi connectivity index (χ0) is 17.1. The van der Waals surface area contributed by atoms with Crippen LogP contribution < -0.4 is 10.1 Å². The van der Waals surface area contributed by atoms with Crippen LogP contribution >= 0.6 is 0 Å². The Morgan fingerprint density at radius 3 is 2.83 bits per heavy atom. The first kappa shape index (κ1) is 16.1. The number of hydrogen-bond donors (Lipinski definition) is 2. The molecule has 6 heteroatoms. The maximum absolute atomic E-state index is 13.8. The first-order chi connectivity index (χ1) is 11.6. The molecular weight excluding hydrogens is 314 g/mol. The van der Waals surface area contributed by atoms with Gasteiger partial charge in [0.2, 0.25) is 0 Å². The van der Waals surface area contributed by atoms with Gasteiger partial charge in [-0.05, 0) is 29.8 Å². The number of benzene rings is 2. The topological polar surface area (TPSA) is 54.4 Å². The van der Waals surface area contributed by atoms with E-state index < -0.39 is 17.7 Å². The van der Waals surface area contributed by atoms with Crippen molar-refractivity contribution in [1.29, 1.82) is 0 Å². The third-order valence-electron chi connectivity index (χ3n) is 3.73. The van der Waals surface area contributed by atoms with Crippen molar-refractivity contribution in [3.8, 4) is 5.75 Å². The van der Waals surface area contributed by atoms with E-state index in [2.05, 4.69) is 10.3 Å². The Balaban J connectivity index is 1.82. The molecule has 3 rings (SSSR count). The summed E-state index contributed by atoms with van der Waals surface area (Å²) in [6, 6.07) is 10.7. The minimum Gasteiger partial charge on any atom is -0.497 e. The van der Waals surface area contributed by atoms with Crippen LogP contribution in [0.5, 0.6) is 5.75 Å². The van der Waals surface area contributed by atoms with Gasteiger partial charge in [-0.25, -0.2) is 8.78 Å². The van der Waals surface area contributed by atoms with Gasteiger partial charge >= 0.3 is 0 Å². The number of aliphatic hydroxyl groups is 1. The lowest BCUT2D eigenvalue weighted by molar-refractivity contribution is 0.191. The van der Waals surface area contributed by atoms with E-state index in [4.69, 9.17) is 4.74 Å². The number of halogens is 2. The number of hydrogen-bond acceptors (Lipinski definition) is 4. The summed E-state index contributed by atoms with van der Waals surface area (Å²) in [5, 5.41) is 13.6. The average molecular weight is 330 g/mol. The number of aromatic nitrogens is 1.